The summed E-state index contributed by atoms with van der Waals surface area (Å²) >= 11 is 1.13. The zero-order valence-electron chi connectivity index (χ0n) is 10.3. The normalized spacial score (nSPS) is 16.9. The number of anilines is 1. The number of hydrogen-bond acceptors (Lipinski definition) is 6. The van der Waals surface area contributed by atoms with Gasteiger partial charge in [-0.2, -0.15) is 0 Å². The lowest BCUT2D eigenvalue weighted by Gasteiger charge is -2.13. The first-order valence-corrected chi connectivity index (χ1v) is 8.43. The molecule has 1 saturated carbocycles. The van der Waals surface area contributed by atoms with Crippen LogP contribution in [-0.4, -0.2) is 42.8 Å². The van der Waals surface area contributed by atoms with Gasteiger partial charge in [0.25, 0.3) is 0 Å². The Morgan fingerprint density at radius 2 is 2.26 bits per heavy atom. The van der Waals surface area contributed by atoms with E-state index in [9.17, 15) is 13.2 Å². The summed E-state index contributed by atoms with van der Waals surface area (Å²) in [5.41, 5.74) is 0.0587. The van der Waals surface area contributed by atoms with E-state index in [0.29, 0.717) is 5.69 Å². The van der Waals surface area contributed by atoms with Gasteiger partial charge in [-0.25, -0.2) is 13.4 Å². The van der Waals surface area contributed by atoms with Crippen molar-refractivity contribution in [3.63, 3.8) is 0 Å². The molecule has 1 aromatic heterocycles. The number of sulfonamides is 1. The molecule has 7 nitrogen and oxygen atoms in total. The summed E-state index contributed by atoms with van der Waals surface area (Å²) in [4.78, 5) is 15.7. The molecule has 1 aliphatic rings. The van der Waals surface area contributed by atoms with Crippen LogP contribution < -0.4 is 10.0 Å². The molecule has 0 spiro atoms. The summed E-state index contributed by atoms with van der Waals surface area (Å²) in [7, 11) is -3.35. The van der Waals surface area contributed by atoms with Crippen LogP contribution in [0.3, 0.4) is 0 Å². The fourth-order valence-electron chi connectivity index (χ4n) is 1.57. The van der Waals surface area contributed by atoms with E-state index in [2.05, 4.69) is 15.0 Å². The zero-order chi connectivity index (χ0) is 14.1. The first kappa shape index (κ1) is 14.2. The summed E-state index contributed by atoms with van der Waals surface area (Å²) in [5.74, 6) is -0.220. The van der Waals surface area contributed by atoms with E-state index in [-0.39, 0.29) is 24.1 Å². The molecule has 19 heavy (non-hydrogen) atoms. The van der Waals surface area contributed by atoms with Crippen molar-refractivity contribution in [2.45, 2.75) is 24.8 Å². The second-order valence-corrected chi connectivity index (χ2v) is 7.29. The van der Waals surface area contributed by atoms with Gasteiger partial charge in [-0.3, -0.25) is 9.52 Å². The molecule has 1 aliphatic carbocycles. The van der Waals surface area contributed by atoms with Gasteiger partial charge >= 0.3 is 0 Å². The number of aliphatic hydroxyl groups excluding tert-OH is 1. The minimum atomic E-state index is -3.35. The van der Waals surface area contributed by atoms with Crippen LogP contribution in [-0.2, 0) is 21.2 Å². The molecular weight excluding hydrogens is 290 g/mol. The maximum absolute atomic E-state index is 11.7. The third-order valence-corrected chi connectivity index (χ3v) is 4.23. The van der Waals surface area contributed by atoms with Gasteiger partial charge in [0.15, 0.2) is 5.13 Å². The van der Waals surface area contributed by atoms with Crippen LogP contribution in [0.4, 0.5) is 5.13 Å². The highest BCUT2D eigenvalue weighted by atomic mass is 32.2. The second-order valence-electron chi connectivity index (χ2n) is 4.68. The number of aromatic nitrogens is 1. The van der Waals surface area contributed by atoms with Gasteiger partial charge < -0.3 is 10.4 Å². The lowest BCUT2D eigenvalue weighted by atomic mass is 10.2. The molecule has 1 heterocycles. The molecular formula is C10H15N3O4S2. The molecule has 0 unspecified atom stereocenters. The maximum Gasteiger partial charge on any atom is 0.231 e. The number of carbonyl (C=O) groups is 1. The summed E-state index contributed by atoms with van der Waals surface area (Å²) in [6, 6.07) is 0. The van der Waals surface area contributed by atoms with Crippen LogP contribution in [0.2, 0.25) is 0 Å². The minimum absolute atomic E-state index is 0.0588. The Bertz CT molecular complexity index is 577. The Kier molecular flexibility index (Phi) is 3.79. The molecule has 0 aliphatic heterocycles. The van der Waals surface area contributed by atoms with Crippen LogP contribution >= 0.6 is 11.3 Å². The number of nitrogens with one attached hydrogen (secondary N) is 2. The molecule has 0 radical (unpaired) electrons. The maximum atomic E-state index is 11.7. The Hall–Kier alpha value is -1.19. The fourth-order valence-corrected chi connectivity index (χ4v) is 3.13. The van der Waals surface area contributed by atoms with E-state index >= 15 is 0 Å². The number of thiazole rings is 1. The predicted molar refractivity (Wildman–Crippen MR) is 71.5 cm³/mol. The minimum Gasteiger partial charge on any atom is -0.394 e. The van der Waals surface area contributed by atoms with Gasteiger partial charge in [0.2, 0.25) is 15.9 Å². The number of nitrogens with zero attached hydrogens (tertiary/aromatic N) is 1. The van der Waals surface area contributed by atoms with Crippen LogP contribution in [0, 0.1) is 0 Å². The first-order valence-electron chi connectivity index (χ1n) is 5.66. The van der Waals surface area contributed by atoms with E-state index in [4.69, 9.17) is 5.11 Å². The van der Waals surface area contributed by atoms with Crippen molar-refractivity contribution in [3.05, 3.63) is 11.1 Å². The largest absolute Gasteiger partial charge is 0.394 e. The molecule has 0 bridgehead atoms. The lowest BCUT2D eigenvalue weighted by molar-refractivity contribution is -0.121. The van der Waals surface area contributed by atoms with E-state index in [1.807, 2.05) is 0 Å². The number of carbonyl (C=O) groups excluding carboxylic acids is 1. The molecule has 9 heteroatoms. The van der Waals surface area contributed by atoms with Crippen LogP contribution in [0.1, 0.15) is 18.5 Å². The van der Waals surface area contributed by atoms with E-state index < -0.39 is 15.6 Å². The van der Waals surface area contributed by atoms with Crippen LogP contribution in [0.15, 0.2) is 5.38 Å². The topological polar surface area (TPSA) is 108 Å². The number of aliphatic hydroxyl groups is 1. The SMILES string of the molecule is CS(=O)(=O)Nc1nc(CC(=O)NC2(CO)CC2)cs1. The molecule has 0 atom stereocenters. The van der Waals surface area contributed by atoms with Crippen molar-refractivity contribution in [3.8, 4) is 0 Å². The lowest BCUT2D eigenvalue weighted by Crippen LogP contribution is -2.40. The highest BCUT2D eigenvalue weighted by Gasteiger charge is 2.43. The summed E-state index contributed by atoms with van der Waals surface area (Å²) in [6.45, 7) is -0.0588. The zero-order valence-corrected chi connectivity index (χ0v) is 12.0. The third-order valence-electron chi connectivity index (χ3n) is 2.73. The first-order chi connectivity index (χ1) is 8.82. The number of amides is 1. The average molecular weight is 305 g/mol. The third kappa shape index (κ3) is 4.15. The van der Waals surface area contributed by atoms with Gasteiger partial charge in [0.05, 0.1) is 30.5 Å². The average Bonchev–Trinajstić information content (AvgIpc) is 2.92. The molecule has 3 N–H and O–H groups in total. The van der Waals surface area contributed by atoms with Crippen molar-refractivity contribution < 1.29 is 18.3 Å². The van der Waals surface area contributed by atoms with Gasteiger partial charge in [0, 0.05) is 5.38 Å². The predicted octanol–water partition coefficient (Wildman–Crippen LogP) is -0.302. The van der Waals surface area contributed by atoms with E-state index in [1.165, 1.54) is 0 Å². The van der Waals surface area contributed by atoms with Crippen LogP contribution in [0.25, 0.3) is 0 Å². The molecule has 0 saturated heterocycles. The van der Waals surface area contributed by atoms with Crippen molar-refractivity contribution in [1.82, 2.24) is 10.3 Å². The molecule has 1 aromatic rings. The van der Waals surface area contributed by atoms with Crippen LogP contribution in [0.5, 0.6) is 0 Å². The summed E-state index contributed by atoms with van der Waals surface area (Å²) in [5, 5.41) is 13.7. The highest BCUT2D eigenvalue weighted by Crippen LogP contribution is 2.34. The molecule has 1 amide bonds. The smallest absolute Gasteiger partial charge is 0.231 e. The standard InChI is InChI=1S/C10H15N3O4S2/c1-19(16,17)13-9-11-7(5-18-9)4-8(15)12-10(6-14)2-3-10/h5,14H,2-4,6H2,1H3,(H,11,13)(H,12,15). The van der Waals surface area contributed by atoms with E-state index in [0.717, 1.165) is 30.4 Å². The fraction of sp³-hybridized carbons (Fsp3) is 0.600. The number of hydrogen-bond donors (Lipinski definition) is 3. The van der Waals surface area contributed by atoms with Gasteiger partial charge in [-0.15, -0.1) is 11.3 Å². The second kappa shape index (κ2) is 5.06. The number of rotatable bonds is 6. The Labute approximate surface area is 115 Å². The van der Waals surface area contributed by atoms with Gasteiger partial charge in [0.1, 0.15) is 0 Å². The van der Waals surface area contributed by atoms with Crippen molar-refractivity contribution >= 4 is 32.4 Å². The Morgan fingerprint density at radius 1 is 1.58 bits per heavy atom. The van der Waals surface area contributed by atoms with Crippen molar-refractivity contribution in [1.29, 1.82) is 0 Å². The quantitative estimate of drug-likeness (QED) is 0.668. The molecule has 0 aromatic carbocycles. The monoisotopic (exact) mass is 305 g/mol. The molecule has 1 fully saturated rings. The molecule has 2 rings (SSSR count). The Balaban J connectivity index is 1.91. The van der Waals surface area contributed by atoms with Gasteiger partial charge in [-0.05, 0) is 12.8 Å². The van der Waals surface area contributed by atoms with Crippen molar-refractivity contribution in [2.75, 3.05) is 17.6 Å². The van der Waals surface area contributed by atoms with Crippen molar-refractivity contribution in [2.24, 2.45) is 0 Å². The molecule has 106 valence electrons. The van der Waals surface area contributed by atoms with E-state index in [1.54, 1.807) is 5.38 Å². The van der Waals surface area contributed by atoms with Gasteiger partial charge in [-0.1, -0.05) is 0 Å². The summed E-state index contributed by atoms with van der Waals surface area (Å²) in [6.07, 6.45) is 2.68. The Morgan fingerprint density at radius 3 is 2.79 bits per heavy atom. The summed E-state index contributed by atoms with van der Waals surface area (Å²) < 4.78 is 24.3. The highest BCUT2D eigenvalue weighted by molar-refractivity contribution is 7.92.